The molecular weight excluding hydrogens is 498 g/mol. The van der Waals surface area contributed by atoms with Gasteiger partial charge >= 0.3 is 0 Å². The molecule has 3 aromatic rings. The topological polar surface area (TPSA) is 89.0 Å². The van der Waals surface area contributed by atoms with Gasteiger partial charge in [-0.3, -0.25) is 9.69 Å². The van der Waals surface area contributed by atoms with E-state index in [0.29, 0.717) is 36.9 Å². The normalized spacial score (nSPS) is 16.1. The van der Waals surface area contributed by atoms with E-state index in [1.807, 2.05) is 32.0 Å². The van der Waals surface area contributed by atoms with Crippen LogP contribution in [0.2, 0.25) is 0 Å². The van der Waals surface area contributed by atoms with Crippen LogP contribution >= 0.6 is 11.3 Å². The van der Waals surface area contributed by atoms with Gasteiger partial charge in [0, 0.05) is 25.3 Å². The molecule has 0 bridgehead atoms. The van der Waals surface area contributed by atoms with Crippen molar-refractivity contribution in [1.82, 2.24) is 9.29 Å². The van der Waals surface area contributed by atoms with E-state index < -0.39 is 10.0 Å². The Kier molecular flexibility index (Phi) is 8.61. The second-order valence-corrected chi connectivity index (χ2v) is 11.8. The minimum Gasteiger partial charge on any atom is -0.497 e. The van der Waals surface area contributed by atoms with Crippen molar-refractivity contribution < 1.29 is 22.7 Å². The minimum absolute atomic E-state index is 0.0632. The summed E-state index contributed by atoms with van der Waals surface area (Å²) < 4.78 is 39.8. The zero-order chi connectivity index (χ0) is 25.7. The maximum Gasteiger partial charge on any atom is 0.260 e. The fourth-order valence-corrected chi connectivity index (χ4v) is 6.93. The number of rotatable bonds is 11. The largest absolute Gasteiger partial charge is 0.497 e. The van der Waals surface area contributed by atoms with E-state index >= 15 is 0 Å². The summed E-state index contributed by atoms with van der Waals surface area (Å²) in [4.78, 5) is 20.2. The fourth-order valence-electron chi connectivity index (χ4n) is 4.30. The lowest BCUT2D eigenvalue weighted by atomic mass is 10.2. The summed E-state index contributed by atoms with van der Waals surface area (Å²) in [5.74, 6) is 0.492. The van der Waals surface area contributed by atoms with E-state index in [1.54, 1.807) is 24.1 Å². The first-order valence-corrected chi connectivity index (χ1v) is 14.6. The number of sulfonamides is 1. The van der Waals surface area contributed by atoms with Gasteiger partial charge in [-0.05, 0) is 68.1 Å². The molecule has 1 aliphatic rings. The van der Waals surface area contributed by atoms with Crippen LogP contribution in [0.4, 0.5) is 5.13 Å². The van der Waals surface area contributed by atoms with Crippen LogP contribution in [-0.4, -0.2) is 63.1 Å². The van der Waals surface area contributed by atoms with Crippen LogP contribution in [0.5, 0.6) is 5.75 Å². The fraction of sp³-hybridized carbons (Fsp3) is 0.462. The Bertz CT molecular complexity index is 1280. The average Bonchev–Trinajstić information content (AvgIpc) is 3.56. The zero-order valence-electron chi connectivity index (χ0n) is 21.0. The first kappa shape index (κ1) is 26.5. The molecule has 1 amide bonds. The molecular formula is C26H33N3O5S2. The molecule has 0 saturated carbocycles. The molecule has 1 aromatic heterocycles. The number of amides is 1. The van der Waals surface area contributed by atoms with E-state index in [0.717, 1.165) is 41.6 Å². The quantitative estimate of drug-likeness (QED) is 0.348. The molecule has 0 aliphatic carbocycles. The zero-order valence-corrected chi connectivity index (χ0v) is 22.6. The van der Waals surface area contributed by atoms with Crippen LogP contribution in [0.25, 0.3) is 10.2 Å². The molecule has 1 fully saturated rings. The van der Waals surface area contributed by atoms with Crippen molar-refractivity contribution in [3.05, 3.63) is 48.0 Å². The lowest BCUT2D eigenvalue weighted by Crippen LogP contribution is -2.37. The van der Waals surface area contributed by atoms with Gasteiger partial charge in [-0.15, -0.1) is 0 Å². The number of hydrogen-bond donors (Lipinski definition) is 0. The monoisotopic (exact) mass is 531 g/mol. The van der Waals surface area contributed by atoms with Gasteiger partial charge in [-0.2, -0.15) is 4.31 Å². The molecule has 1 atom stereocenters. The molecule has 10 heteroatoms. The van der Waals surface area contributed by atoms with E-state index in [1.165, 1.54) is 27.8 Å². The van der Waals surface area contributed by atoms with Gasteiger partial charge < -0.3 is 9.47 Å². The molecule has 1 saturated heterocycles. The van der Waals surface area contributed by atoms with Crippen LogP contribution < -0.4 is 9.64 Å². The first-order chi connectivity index (χ1) is 17.4. The number of fused-ring (bicyclic) bond motifs is 1. The van der Waals surface area contributed by atoms with Crippen molar-refractivity contribution in [2.75, 3.05) is 38.3 Å². The molecule has 1 unspecified atom stereocenters. The molecule has 1 aliphatic heterocycles. The highest BCUT2D eigenvalue weighted by Crippen LogP contribution is 2.33. The van der Waals surface area contributed by atoms with Gasteiger partial charge in [0.05, 0.1) is 34.9 Å². The number of hydrogen-bond acceptors (Lipinski definition) is 7. The maximum absolute atomic E-state index is 13.7. The highest BCUT2D eigenvalue weighted by molar-refractivity contribution is 7.89. The van der Waals surface area contributed by atoms with E-state index in [9.17, 15) is 13.2 Å². The Morgan fingerprint density at radius 2 is 1.86 bits per heavy atom. The number of aromatic nitrogens is 1. The van der Waals surface area contributed by atoms with Crippen molar-refractivity contribution in [3.63, 3.8) is 0 Å². The number of nitrogens with zero attached hydrogens (tertiary/aromatic N) is 3. The van der Waals surface area contributed by atoms with Gasteiger partial charge in [-0.1, -0.05) is 25.2 Å². The number of anilines is 1. The Morgan fingerprint density at radius 1 is 1.14 bits per heavy atom. The second kappa shape index (κ2) is 11.7. The summed E-state index contributed by atoms with van der Waals surface area (Å²) >= 11 is 1.42. The summed E-state index contributed by atoms with van der Waals surface area (Å²) in [7, 11) is -2.00. The Labute approximate surface area is 216 Å². The minimum atomic E-state index is -3.62. The molecule has 4 rings (SSSR count). The third kappa shape index (κ3) is 5.72. The highest BCUT2D eigenvalue weighted by atomic mass is 32.2. The number of carbonyl (C=O) groups is 1. The molecule has 8 nitrogen and oxygen atoms in total. The van der Waals surface area contributed by atoms with Crippen molar-refractivity contribution in [3.8, 4) is 5.75 Å². The van der Waals surface area contributed by atoms with Gasteiger partial charge in [0.25, 0.3) is 5.91 Å². The van der Waals surface area contributed by atoms with E-state index in [4.69, 9.17) is 14.5 Å². The van der Waals surface area contributed by atoms with Crippen molar-refractivity contribution in [2.24, 2.45) is 0 Å². The molecule has 0 spiro atoms. The van der Waals surface area contributed by atoms with E-state index in [2.05, 4.69) is 0 Å². The smallest absolute Gasteiger partial charge is 0.260 e. The predicted octanol–water partition coefficient (Wildman–Crippen LogP) is 4.94. The van der Waals surface area contributed by atoms with Crippen LogP contribution in [0.1, 0.15) is 49.9 Å². The van der Waals surface area contributed by atoms with Crippen LogP contribution in [0, 0.1) is 0 Å². The van der Waals surface area contributed by atoms with Crippen molar-refractivity contribution in [1.29, 1.82) is 0 Å². The second-order valence-electron chi connectivity index (χ2n) is 8.81. The van der Waals surface area contributed by atoms with Crippen LogP contribution in [0.15, 0.2) is 47.4 Å². The number of benzene rings is 2. The van der Waals surface area contributed by atoms with Gasteiger partial charge in [0.2, 0.25) is 10.0 Å². The number of methoxy groups -OCH3 is 1. The maximum atomic E-state index is 13.7. The molecule has 0 radical (unpaired) electrons. The molecule has 2 heterocycles. The van der Waals surface area contributed by atoms with Crippen LogP contribution in [-0.2, 0) is 14.8 Å². The van der Waals surface area contributed by atoms with Crippen molar-refractivity contribution in [2.45, 2.75) is 50.5 Å². The standard InChI is InChI=1S/C26H33N3O5S2/c1-4-14-28(15-5-2)36(31,32)22-11-8-19(9-12-22)25(30)29(18-21-7-6-16-34-21)26-27-23-13-10-20(33-3)17-24(23)35-26/h8-13,17,21H,4-7,14-16,18H2,1-3H3. The van der Waals surface area contributed by atoms with Gasteiger partial charge in [0.15, 0.2) is 5.13 Å². The number of carbonyl (C=O) groups excluding carboxylic acids is 1. The summed E-state index contributed by atoms with van der Waals surface area (Å²) in [6.45, 7) is 5.92. The van der Waals surface area contributed by atoms with Crippen molar-refractivity contribution >= 4 is 42.6 Å². The molecule has 194 valence electrons. The Balaban J connectivity index is 1.63. The molecule has 2 aromatic carbocycles. The highest BCUT2D eigenvalue weighted by Gasteiger charge is 2.28. The number of ether oxygens (including phenoxy) is 2. The summed E-state index contributed by atoms with van der Waals surface area (Å²) in [6, 6.07) is 11.8. The molecule has 36 heavy (non-hydrogen) atoms. The SMILES string of the molecule is CCCN(CCC)S(=O)(=O)c1ccc(C(=O)N(CC2CCCO2)c2nc3ccc(OC)cc3s2)cc1. The summed E-state index contributed by atoms with van der Waals surface area (Å²) in [5.41, 5.74) is 1.19. The first-order valence-electron chi connectivity index (χ1n) is 12.4. The van der Waals surface area contributed by atoms with Gasteiger partial charge in [0.1, 0.15) is 5.75 Å². The average molecular weight is 532 g/mol. The number of thiazole rings is 1. The third-order valence-electron chi connectivity index (χ3n) is 6.16. The van der Waals surface area contributed by atoms with E-state index in [-0.39, 0.29) is 16.9 Å². The lowest BCUT2D eigenvalue weighted by molar-refractivity contribution is 0.0917. The predicted molar refractivity (Wildman–Crippen MR) is 143 cm³/mol. The third-order valence-corrected chi connectivity index (χ3v) is 9.11. The summed E-state index contributed by atoms with van der Waals surface area (Å²) in [5, 5.41) is 0.576. The van der Waals surface area contributed by atoms with Crippen LogP contribution in [0.3, 0.4) is 0 Å². The Hall–Kier alpha value is -2.53. The van der Waals surface area contributed by atoms with Gasteiger partial charge in [-0.25, -0.2) is 13.4 Å². The Morgan fingerprint density at radius 3 is 2.47 bits per heavy atom. The lowest BCUT2D eigenvalue weighted by Gasteiger charge is -2.23. The molecule has 0 N–H and O–H groups in total. The summed E-state index contributed by atoms with van der Waals surface area (Å²) in [6.07, 6.45) is 3.25.